The minimum absolute atomic E-state index is 1.23. The van der Waals surface area contributed by atoms with Crippen molar-refractivity contribution in [2.45, 2.75) is 6.92 Å². The first-order valence-electron chi connectivity index (χ1n) is 14.3. The number of fused-ring (bicyclic) bond motifs is 7. The quantitative estimate of drug-likeness (QED) is 0.203. The van der Waals surface area contributed by atoms with Gasteiger partial charge in [0.2, 0.25) is 0 Å². The van der Waals surface area contributed by atoms with Gasteiger partial charge in [-0.1, -0.05) is 145 Å². The molecule has 0 unspecified atom stereocenters. The highest BCUT2D eigenvalue weighted by atomic mass is 14.2. The summed E-state index contributed by atoms with van der Waals surface area (Å²) < 4.78 is 0. The predicted molar refractivity (Wildman–Crippen MR) is 178 cm³/mol. The monoisotopic (exact) mass is 520 g/mol. The van der Waals surface area contributed by atoms with Crippen LogP contribution in [0.3, 0.4) is 0 Å². The van der Waals surface area contributed by atoms with Crippen LogP contribution >= 0.6 is 0 Å². The molecule has 0 aliphatic rings. The molecule has 8 aromatic rings. The Kier molecular flexibility index (Phi) is 5.47. The van der Waals surface area contributed by atoms with Crippen LogP contribution in [-0.4, -0.2) is 0 Å². The van der Waals surface area contributed by atoms with Gasteiger partial charge in [0.15, 0.2) is 0 Å². The van der Waals surface area contributed by atoms with E-state index in [1.54, 1.807) is 0 Å². The molecular weight excluding hydrogens is 492 g/mol. The largest absolute Gasteiger partial charge is 0.0616 e. The minimum atomic E-state index is 1.23. The molecule has 0 heterocycles. The van der Waals surface area contributed by atoms with Gasteiger partial charge >= 0.3 is 0 Å². The van der Waals surface area contributed by atoms with Gasteiger partial charge in [0, 0.05) is 0 Å². The van der Waals surface area contributed by atoms with E-state index in [-0.39, 0.29) is 0 Å². The number of hydrogen-bond donors (Lipinski definition) is 0. The van der Waals surface area contributed by atoms with Crippen LogP contribution in [0.1, 0.15) is 5.56 Å². The van der Waals surface area contributed by atoms with Gasteiger partial charge in [-0.05, 0) is 95.5 Å². The molecule has 0 bridgehead atoms. The van der Waals surface area contributed by atoms with Crippen LogP contribution < -0.4 is 0 Å². The van der Waals surface area contributed by atoms with Gasteiger partial charge in [-0.25, -0.2) is 0 Å². The fourth-order valence-electron chi connectivity index (χ4n) is 6.50. The molecule has 0 aromatic heterocycles. The Hall–Kier alpha value is -5.20. The molecule has 0 atom stereocenters. The Balaban J connectivity index is 1.35. The maximum atomic E-state index is 2.38. The average Bonchev–Trinajstić information content (AvgIpc) is 3.04. The van der Waals surface area contributed by atoms with Crippen LogP contribution in [-0.2, 0) is 0 Å². The summed E-state index contributed by atoms with van der Waals surface area (Å²) >= 11 is 0. The second-order valence-electron chi connectivity index (χ2n) is 11.0. The summed E-state index contributed by atoms with van der Waals surface area (Å²) in [7, 11) is 0. The van der Waals surface area contributed by atoms with E-state index in [9.17, 15) is 0 Å². The molecule has 0 spiro atoms. The van der Waals surface area contributed by atoms with Gasteiger partial charge in [0.25, 0.3) is 0 Å². The van der Waals surface area contributed by atoms with E-state index in [0.29, 0.717) is 0 Å². The Morgan fingerprint density at radius 3 is 1.56 bits per heavy atom. The molecule has 41 heavy (non-hydrogen) atoms. The Morgan fingerprint density at radius 2 is 0.854 bits per heavy atom. The normalized spacial score (nSPS) is 11.5. The molecule has 0 N–H and O–H groups in total. The fourth-order valence-corrected chi connectivity index (χ4v) is 6.50. The highest BCUT2D eigenvalue weighted by Gasteiger charge is 2.14. The summed E-state index contributed by atoms with van der Waals surface area (Å²) in [4.78, 5) is 0. The summed E-state index contributed by atoms with van der Waals surface area (Å²) in [5.74, 6) is 0. The van der Waals surface area contributed by atoms with Crippen LogP contribution in [0.15, 0.2) is 152 Å². The first-order chi connectivity index (χ1) is 20.2. The van der Waals surface area contributed by atoms with Crippen LogP contribution in [0.5, 0.6) is 0 Å². The maximum absolute atomic E-state index is 2.38. The molecule has 0 fully saturated rings. The Labute approximate surface area is 240 Å². The zero-order chi connectivity index (χ0) is 27.3. The molecule has 0 nitrogen and oxygen atoms in total. The van der Waals surface area contributed by atoms with E-state index in [0.717, 1.165) is 0 Å². The van der Waals surface area contributed by atoms with E-state index in [1.165, 1.54) is 82.0 Å². The smallest absolute Gasteiger partial charge is 0.00266 e. The highest BCUT2D eigenvalue weighted by molar-refractivity contribution is 6.25. The third-order valence-corrected chi connectivity index (χ3v) is 8.52. The van der Waals surface area contributed by atoms with E-state index < -0.39 is 0 Å². The van der Waals surface area contributed by atoms with Crippen molar-refractivity contribution >= 4 is 43.1 Å². The van der Waals surface area contributed by atoms with Crippen LogP contribution in [0.25, 0.3) is 76.5 Å². The molecule has 0 saturated carbocycles. The van der Waals surface area contributed by atoms with E-state index in [1.807, 2.05) is 0 Å². The van der Waals surface area contributed by atoms with Crippen molar-refractivity contribution in [3.63, 3.8) is 0 Å². The second kappa shape index (κ2) is 9.47. The van der Waals surface area contributed by atoms with E-state index >= 15 is 0 Å². The second-order valence-corrected chi connectivity index (χ2v) is 11.0. The number of aryl methyl sites for hydroxylation is 1. The molecular formula is C41H28. The molecule has 0 aliphatic heterocycles. The number of benzene rings is 8. The van der Waals surface area contributed by atoms with Gasteiger partial charge in [-0.15, -0.1) is 0 Å². The van der Waals surface area contributed by atoms with Crippen molar-refractivity contribution in [2.75, 3.05) is 0 Å². The van der Waals surface area contributed by atoms with Crippen molar-refractivity contribution in [2.24, 2.45) is 0 Å². The van der Waals surface area contributed by atoms with Crippen LogP contribution in [0.2, 0.25) is 0 Å². The molecule has 192 valence electrons. The SMILES string of the molecule is Cc1ccc(-c2ccc3ccccc3c2-c2cccc(-c3ccc4c5ccccc5c5ccccc5c4c3)c2)cc1. The van der Waals surface area contributed by atoms with Gasteiger partial charge in [0.05, 0.1) is 0 Å². The summed E-state index contributed by atoms with van der Waals surface area (Å²) in [6, 6.07) is 55.7. The third kappa shape index (κ3) is 3.91. The van der Waals surface area contributed by atoms with Gasteiger partial charge in [-0.3, -0.25) is 0 Å². The standard InChI is InChI=1S/C41H28/c1-27-17-19-29(20-18-27)34-23-21-28-9-2-3-12-33(28)41(34)32-11-8-10-30(25-32)31-22-24-39-37-15-5-4-13-35(37)36-14-6-7-16-38(36)40(39)26-31/h2-26H,1H3. The zero-order valence-corrected chi connectivity index (χ0v) is 22.9. The lowest BCUT2D eigenvalue weighted by Crippen LogP contribution is -1.90. The molecule has 0 radical (unpaired) electrons. The summed E-state index contributed by atoms with van der Waals surface area (Å²) in [6.07, 6.45) is 0. The highest BCUT2D eigenvalue weighted by Crippen LogP contribution is 2.41. The van der Waals surface area contributed by atoms with Crippen molar-refractivity contribution < 1.29 is 0 Å². The third-order valence-electron chi connectivity index (χ3n) is 8.52. The topological polar surface area (TPSA) is 0 Å². The molecule has 0 amide bonds. The van der Waals surface area contributed by atoms with E-state index in [2.05, 4.69) is 159 Å². The molecule has 0 saturated heterocycles. The molecule has 8 rings (SSSR count). The van der Waals surface area contributed by atoms with Crippen molar-refractivity contribution in [3.05, 3.63) is 157 Å². The number of rotatable bonds is 3. The Morgan fingerprint density at radius 1 is 0.317 bits per heavy atom. The van der Waals surface area contributed by atoms with E-state index in [4.69, 9.17) is 0 Å². The lowest BCUT2D eigenvalue weighted by molar-refractivity contribution is 1.47. The lowest BCUT2D eigenvalue weighted by atomic mass is 9.88. The maximum Gasteiger partial charge on any atom is -0.00266 e. The zero-order valence-electron chi connectivity index (χ0n) is 22.9. The van der Waals surface area contributed by atoms with Gasteiger partial charge < -0.3 is 0 Å². The number of hydrogen-bond acceptors (Lipinski definition) is 0. The summed E-state index contributed by atoms with van der Waals surface area (Å²) in [5.41, 5.74) is 8.75. The van der Waals surface area contributed by atoms with Crippen molar-refractivity contribution in [1.82, 2.24) is 0 Å². The Bertz CT molecular complexity index is 2220. The molecule has 0 aliphatic carbocycles. The summed E-state index contributed by atoms with van der Waals surface area (Å²) in [5, 5.41) is 10.4. The van der Waals surface area contributed by atoms with Crippen molar-refractivity contribution in [1.29, 1.82) is 0 Å². The lowest BCUT2D eigenvalue weighted by Gasteiger charge is -2.16. The summed E-state index contributed by atoms with van der Waals surface area (Å²) in [6.45, 7) is 2.14. The predicted octanol–water partition coefficient (Wildman–Crippen LogP) is 11.6. The van der Waals surface area contributed by atoms with Gasteiger partial charge in [0.1, 0.15) is 0 Å². The van der Waals surface area contributed by atoms with Gasteiger partial charge in [-0.2, -0.15) is 0 Å². The van der Waals surface area contributed by atoms with Crippen LogP contribution in [0, 0.1) is 6.92 Å². The first kappa shape index (κ1) is 23.7. The molecule has 8 aromatic carbocycles. The minimum Gasteiger partial charge on any atom is -0.0616 e. The first-order valence-corrected chi connectivity index (χ1v) is 14.3. The van der Waals surface area contributed by atoms with Crippen LogP contribution in [0.4, 0.5) is 0 Å². The average molecular weight is 521 g/mol. The van der Waals surface area contributed by atoms with Crippen molar-refractivity contribution in [3.8, 4) is 33.4 Å². The molecule has 0 heteroatoms. The fraction of sp³-hybridized carbons (Fsp3) is 0.0244.